The van der Waals surface area contributed by atoms with Crippen molar-refractivity contribution in [3.05, 3.63) is 47.5 Å². The van der Waals surface area contributed by atoms with Gasteiger partial charge >= 0.3 is 0 Å². The van der Waals surface area contributed by atoms with E-state index < -0.39 is 0 Å². The summed E-state index contributed by atoms with van der Waals surface area (Å²) in [5, 5.41) is 0. The molecule has 2 aromatic rings. The first kappa shape index (κ1) is 18.4. The van der Waals surface area contributed by atoms with Crippen LogP contribution in [0.5, 0.6) is 11.5 Å². The minimum atomic E-state index is 0.0415. The van der Waals surface area contributed by atoms with Crippen LogP contribution < -0.4 is 9.47 Å². The first-order valence-electron chi connectivity index (χ1n) is 8.45. The molecule has 0 fully saturated rings. The highest BCUT2D eigenvalue weighted by Crippen LogP contribution is 2.41. The summed E-state index contributed by atoms with van der Waals surface area (Å²) in [6, 6.07) is 12.7. The lowest BCUT2D eigenvalue weighted by Crippen LogP contribution is -2.16. The van der Waals surface area contributed by atoms with Gasteiger partial charge < -0.3 is 9.47 Å². The number of benzene rings is 2. The van der Waals surface area contributed by atoms with E-state index in [0.29, 0.717) is 0 Å². The van der Waals surface area contributed by atoms with Crippen LogP contribution in [0.1, 0.15) is 52.7 Å². The molecule has 0 spiro atoms. The fourth-order valence-electron chi connectivity index (χ4n) is 3.05. The largest absolute Gasteiger partial charge is 0.497 e. The Hall–Kier alpha value is -1.96. The highest BCUT2D eigenvalue weighted by atomic mass is 16.5. The smallest absolute Gasteiger partial charge is 0.119 e. The molecule has 0 bridgehead atoms. The van der Waals surface area contributed by atoms with Crippen molar-refractivity contribution < 1.29 is 9.47 Å². The summed E-state index contributed by atoms with van der Waals surface area (Å²) in [7, 11) is 3.43. The van der Waals surface area contributed by atoms with Crippen LogP contribution in [0.25, 0.3) is 11.1 Å². The van der Waals surface area contributed by atoms with Gasteiger partial charge in [0.05, 0.1) is 14.2 Å². The van der Waals surface area contributed by atoms with E-state index in [4.69, 9.17) is 9.47 Å². The van der Waals surface area contributed by atoms with Gasteiger partial charge in [0, 0.05) is 0 Å². The minimum absolute atomic E-state index is 0.0415. The van der Waals surface area contributed by atoms with Gasteiger partial charge in [-0.05, 0) is 57.3 Å². The fraction of sp³-hybridized carbons (Fsp3) is 0.455. The lowest BCUT2D eigenvalue weighted by atomic mass is 9.77. The zero-order chi connectivity index (χ0) is 18.1. The van der Waals surface area contributed by atoms with Crippen LogP contribution in [-0.4, -0.2) is 14.2 Å². The zero-order valence-electron chi connectivity index (χ0n) is 16.3. The first-order valence-corrected chi connectivity index (χ1v) is 8.45. The minimum Gasteiger partial charge on any atom is -0.497 e. The molecule has 0 amide bonds. The molecule has 2 heteroatoms. The van der Waals surface area contributed by atoms with Gasteiger partial charge in [-0.2, -0.15) is 0 Å². The lowest BCUT2D eigenvalue weighted by molar-refractivity contribution is 0.413. The van der Waals surface area contributed by atoms with Gasteiger partial charge in [0.1, 0.15) is 11.5 Å². The van der Waals surface area contributed by atoms with Gasteiger partial charge in [-0.3, -0.25) is 0 Å². The molecular formula is C22H30O2. The second kappa shape index (κ2) is 6.51. The SMILES string of the molecule is COc1ccc(C(C)(C)C)c(-c2cc(OC)ccc2C(C)(C)C)c1. The molecule has 0 saturated heterocycles. The van der Waals surface area contributed by atoms with Crippen molar-refractivity contribution in [3.8, 4) is 22.6 Å². The maximum absolute atomic E-state index is 5.49. The number of hydrogen-bond acceptors (Lipinski definition) is 2. The van der Waals surface area contributed by atoms with Crippen LogP contribution in [0, 0.1) is 0 Å². The Labute approximate surface area is 146 Å². The fourth-order valence-corrected chi connectivity index (χ4v) is 3.05. The predicted octanol–water partition coefficient (Wildman–Crippen LogP) is 5.97. The van der Waals surface area contributed by atoms with Gasteiger partial charge in [-0.15, -0.1) is 0 Å². The molecule has 0 heterocycles. The summed E-state index contributed by atoms with van der Waals surface area (Å²) < 4.78 is 11.0. The Morgan fingerprint density at radius 3 is 1.17 bits per heavy atom. The van der Waals surface area contributed by atoms with Crippen molar-refractivity contribution in [2.75, 3.05) is 14.2 Å². The predicted molar refractivity (Wildman–Crippen MR) is 102 cm³/mol. The van der Waals surface area contributed by atoms with Crippen LogP contribution in [0.4, 0.5) is 0 Å². The Kier molecular flexibility index (Phi) is 4.98. The standard InChI is InChI=1S/C22H30O2/c1-21(2,3)19-11-9-15(23-7)13-17(19)18-14-16(24-8)10-12-20(18)22(4,5)6/h9-14H,1-8H3. The summed E-state index contributed by atoms with van der Waals surface area (Å²) in [6.45, 7) is 13.5. The molecule has 0 radical (unpaired) electrons. The molecule has 0 saturated carbocycles. The van der Waals surface area contributed by atoms with Gasteiger partial charge in [-0.1, -0.05) is 53.7 Å². The highest BCUT2D eigenvalue weighted by molar-refractivity contribution is 5.75. The van der Waals surface area contributed by atoms with Crippen molar-refractivity contribution in [1.82, 2.24) is 0 Å². The maximum Gasteiger partial charge on any atom is 0.119 e. The van der Waals surface area contributed by atoms with E-state index in [0.717, 1.165) is 11.5 Å². The molecule has 2 nitrogen and oxygen atoms in total. The third kappa shape index (κ3) is 3.75. The van der Waals surface area contributed by atoms with Crippen molar-refractivity contribution >= 4 is 0 Å². The molecule has 0 aromatic heterocycles. The molecule has 0 aliphatic heterocycles. The monoisotopic (exact) mass is 326 g/mol. The first-order chi connectivity index (χ1) is 11.1. The average Bonchev–Trinajstić information content (AvgIpc) is 2.51. The Bertz CT molecular complexity index is 652. The molecule has 0 aliphatic rings. The molecule has 2 aromatic carbocycles. The summed E-state index contributed by atoms with van der Waals surface area (Å²) >= 11 is 0. The molecule has 0 atom stereocenters. The molecule has 0 N–H and O–H groups in total. The lowest BCUT2D eigenvalue weighted by Gasteiger charge is -2.28. The molecule has 24 heavy (non-hydrogen) atoms. The summed E-state index contributed by atoms with van der Waals surface area (Å²) in [6.07, 6.45) is 0. The maximum atomic E-state index is 5.49. The van der Waals surface area contributed by atoms with Crippen LogP contribution in [0.2, 0.25) is 0 Å². The third-order valence-electron chi connectivity index (χ3n) is 4.36. The van der Waals surface area contributed by atoms with Crippen molar-refractivity contribution in [3.63, 3.8) is 0 Å². The van der Waals surface area contributed by atoms with Crippen LogP contribution >= 0.6 is 0 Å². The number of ether oxygens (including phenoxy) is 2. The molecule has 2 rings (SSSR count). The summed E-state index contributed by atoms with van der Waals surface area (Å²) in [5.74, 6) is 1.75. The quantitative estimate of drug-likeness (QED) is 0.692. The molecule has 0 unspecified atom stereocenters. The third-order valence-corrected chi connectivity index (χ3v) is 4.36. The number of rotatable bonds is 3. The molecular weight excluding hydrogens is 296 g/mol. The Balaban J connectivity index is 2.83. The van der Waals surface area contributed by atoms with Gasteiger partial charge in [0.15, 0.2) is 0 Å². The van der Waals surface area contributed by atoms with Gasteiger partial charge in [-0.25, -0.2) is 0 Å². The Morgan fingerprint density at radius 2 is 0.917 bits per heavy atom. The van der Waals surface area contributed by atoms with E-state index in [1.165, 1.54) is 22.3 Å². The van der Waals surface area contributed by atoms with E-state index in [1.54, 1.807) is 14.2 Å². The van der Waals surface area contributed by atoms with Crippen LogP contribution in [0.15, 0.2) is 36.4 Å². The van der Waals surface area contributed by atoms with E-state index in [1.807, 2.05) is 12.1 Å². The molecule has 0 aliphatic carbocycles. The topological polar surface area (TPSA) is 18.5 Å². The second-order valence-electron chi connectivity index (χ2n) is 8.32. The normalized spacial score (nSPS) is 12.2. The highest BCUT2D eigenvalue weighted by Gasteiger charge is 2.25. The van der Waals surface area contributed by atoms with Gasteiger partial charge in [0.25, 0.3) is 0 Å². The Morgan fingerprint density at radius 1 is 0.583 bits per heavy atom. The van der Waals surface area contributed by atoms with E-state index in [2.05, 4.69) is 65.8 Å². The summed E-state index contributed by atoms with van der Waals surface area (Å²) in [4.78, 5) is 0. The molecule has 130 valence electrons. The zero-order valence-corrected chi connectivity index (χ0v) is 16.3. The number of hydrogen-bond donors (Lipinski definition) is 0. The van der Waals surface area contributed by atoms with Crippen molar-refractivity contribution in [2.24, 2.45) is 0 Å². The number of methoxy groups -OCH3 is 2. The van der Waals surface area contributed by atoms with E-state index in [9.17, 15) is 0 Å². The average molecular weight is 326 g/mol. The second-order valence-corrected chi connectivity index (χ2v) is 8.32. The summed E-state index contributed by atoms with van der Waals surface area (Å²) in [5.41, 5.74) is 5.13. The van der Waals surface area contributed by atoms with Crippen LogP contribution in [-0.2, 0) is 10.8 Å². The van der Waals surface area contributed by atoms with Crippen molar-refractivity contribution in [1.29, 1.82) is 0 Å². The van der Waals surface area contributed by atoms with E-state index in [-0.39, 0.29) is 10.8 Å². The van der Waals surface area contributed by atoms with Gasteiger partial charge in [0.2, 0.25) is 0 Å². The van der Waals surface area contributed by atoms with E-state index >= 15 is 0 Å². The van der Waals surface area contributed by atoms with Crippen molar-refractivity contribution in [2.45, 2.75) is 52.4 Å². The van der Waals surface area contributed by atoms with Crippen LogP contribution in [0.3, 0.4) is 0 Å².